The minimum atomic E-state index is -0.365. The molecule has 1 aliphatic rings. The van der Waals surface area contributed by atoms with Gasteiger partial charge in [-0.2, -0.15) is 0 Å². The van der Waals surface area contributed by atoms with E-state index >= 15 is 0 Å². The van der Waals surface area contributed by atoms with Gasteiger partial charge in [0.2, 0.25) is 0 Å². The van der Waals surface area contributed by atoms with Crippen LogP contribution in [0.5, 0.6) is 5.75 Å². The molecule has 2 N–H and O–H groups in total. The van der Waals surface area contributed by atoms with Crippen LogP contribution in [0.4, 0.5) is 0 Å². The molecule has 6 nitrogen and oxygen atoms in total. The molecule has 2 aromatic carbocycles. The van der Waals surface area contributed by atoms with E-state index < -0.39 is 0 Å². The van der Waals surface area contributed by atoms with Crippen molar-refractivity contribution in [2.75, 3.05) is 27.2 Å². The van der Waals surface area contributed by atoms with Gasteiger partial charge in [-0.25, -0.2) is 4.98 Å². The highest BCUT2D eigenvalue weighted by molar-refractivity contribution is 6.32. The summed E-state index contributed by atoms with van der Waals surface area (Å²) >= 11 is 6.47. The average molecular weight is 522 g/mol. The van der Waals surface area contributed by atoms with Crippen LogP contribution >= 0.6 is 11.6 Å². The summed E-state index contributed by atoms with van der Waals surface area (Å²) in [5.74, 6) is 0.368. The van der Waals surface area contributed by atoms with Gasteiger partial charge in [-0.15, -0.1) is 0 Å². The molecule has 3 aromatic rings. The number of halogens is 1. The number of aliphatic hydroxyl groups is 1. The zero-order chi connectivity index (χ0) is 26.4. The number of nitrogens with zero attached hydrogens (tertiary/aromatic N) is 2. The number of benzene rings is 2. The first-order chi connectivity index (χ1) is 17.8. The molecule has 4 rings (SSSR count). The molecule has 1 amide bonds. The monoisotopic (exact) mass is 521 g/mol. The number of pyridine rings is 1. The molecular formula is C30H36ClN3O3. The van der Waals surface area contributed by atoms with Gasteiger partial charge in [0.25, 0.3) is 5.91 Å². The van der Waals surface area contributed by atoms with E-state index in [9.17, 15) is 9.90 Å². The number of ether oxygens (including phenoxy) is 1. The Balaban J connectivity index is 1.68. The van der Waals surface area contributed by atoms with E-state index in [4.69, 9.17) is 21.3 Å². The Labute approximate surface area is 224 Å². The lowest BCUT2D eigenvalue weighted by Crippen LogP contribution is -2.40. The molecule has 0 bridgehead atoms. The second-order valence-electron chi connectivity index (χ2n) is 10.0. The van der Waals surface area contributed by atoms with Crippen LogP contribution in [0.2, 0.25) is 5.02 Å². The number of hydrogen-bond donors (Lipinski definition) is 2. The summed E-state index contributed by atoms with van der Waals surface area (Å²) < 4.78 is 6.02. The number of hydrogen-bond acceptors (Lipinski definition) is 5. The third-order valence-electron chi connectivity index (χ3n) is 6.76. The number of amides is 1. The minimum Gasteiger partial charge on any atom is -0.492 e. The molecule has 1 aliphatic carbocycles. The Morgan fingerprint density at radius 3 is 2.70 bits per heavy atom. The molecule has 0 spiro atoms. The molecule has 0 aliphatic heterocycles. The van der Waals surface area contributed by atoms with Crippen molar-refractivity contribution in [1.29, 1.82) is 0 Å². The van der Waals surface area contributed by atoms with Crippen LogP contribution in [0.3, 0.4) is 0 Å². The summed E-state index contributed by atoms with van der Waals surface area (Å²) in [7, 11) is 4.07. The van der Waals surface area contributed by atoms with Crippen molar-refractivity contribution in [2.45, 2.75) is 51.2 Å². The smallest absolute Gasteiger partial charge is 0.270 e. The molecule has 1 heterocycles. The largest absolute Gasteiger partial charge is 0.492 e. The normalized spacial score (nSPS) is 17.6. The van der Waals surface area contributed by atoms with E-state index in [1.54, 1.807) is 6.07 Å². The second kappa shape index (κ2) is 12.5. The molecule has 1 saturated carbocycles. The van der Waals surface area contributed by atoms with Gasteiger partial charge in [0, 0.05) is 23.7 Å². The standard InChI is InChI=1S/C30H36ClN3O3/c1-20-8-4-5-11-24(20)25-13-15-27(30(36)32-22-9-6-10-23(35)19-22)33-29(25)21-12-14-26(31)28(18-21)37-17-7-16-34(2)3/h4-5,8,11-15,18,22-23,35H,6-7,9-10,16-17,19H2,1-3H3,(H,32,36). The molecule has 2 atom stereocenters. The Hall–Kier alpha value is -2.93. The summed E-state index contributed by atoms with van der Waals surface area (Å²) in [6.45, 7) is 3.54. The van der Waals surface area contributed by atoms with Crippen molar-refractivity contribution in [3.05, 3.63) is 70.9 Å². The van der Waals surface area contributed by atoms with Gasteiger partial charge in [-0.05, 0) is 88.5 Å². The van der Waals surface area contributed by atoms with Gasteiger partial charge < -0.3 is 20.1 Å². The highest BCUT2D eigenvalue weighted by Crippen LogP contribution is 2.36. The third-order valence-corrected chi connectivity index (χ3v) is 7.07. The summed E-state index contributed by atoms with van der Waals surface area (Å²) in [5.41, 5.74) is 4.97. The zero-order valence-corrected chi connectivity index (χ0v) is 22.6. The summed E-state index contributed by atoms with van der Waals surface area (Å²) in [6.07, 6.45) is 3.64. The lowest BCUT2D eigenvalue weighted by atomic mass is 9.93. The number of aromatic nitrogens is 1. The molecular weight excluding hydrogens is 486 g/mol. The van der Waals surface area contributed by atoms with Crippen LogP contribution in [0, 0.1) is 6.92 Å². The third kappa shape index (κ3) is 7.10. The van der Waals surface area contributed by atoms with Gasteiger partial charge in [-0.3, -0.25) is 4.79 Å². The Kier molecular flexibility index (Phi) is 9.19. The lowest BCUT2D eigenvalue weighted by molar-refractivity contribution is 0.0845. The van der Waals surface area contributed by atoms with Crippen LogP contribution in [0.15, 0.2) is 54.6 Å². The Bertz CT molecular complexity index is 1230. The van der Waals surface area contributed by atoms with Crippen molar-refractivity contribution in [3.63, 3.8) is 0 Å². The van der Waals surface area contributed by atoms with Gasteiger partial charge in [0.15, 0.2) is 0 Å². The van der Waals surface area contributed by atoms with E-state index in [2.05, 4.69) is 29.3 Å². The number of carbonyl (C=O) groups is 1. The molecule has 1 aromatic heterocycles. The summed E-state index contributed by atoms with van der Waals surface area (Å²) in [5, 5.41) is 13.6. The van der Waals surface area contributed by atoms with E-state index in [1.807, 2.05) is 50.5 Å². The van der Waals surface area contributed by atoms with Gasteiger partial charge >= 0.3 is 0 Å². The fourth-order valence-corrected chi connectivity index (χ4v) is 4.95. The topological polar surface area (TPSA) is 74.7 Å². The van der Waals surface area contributed by atoms with Crippen LogP contribution in [-0.2, 0) is 0 Å². The van der Waals surface area contributed by atoms with E-state index in [-0.39, 0.29) is 18.1 Å². The van der Waals surface area contributed by atoms with E-state index in [1.165, 1.54) is 0 Å². The first kappa shape index (κ1) is 27.1. The number of aryl methyl sites for hydroxylation is 1. The number of rotatable bonds is 9. The lowest BCUT2D eigenvalue weighted by Gasteiger charge is -2.26. The second-order valence-corrected chi connectivity index (χ2v) is 10.5. The first-order valence-electron chi connectivity index (χ1n) is 12.9. The van der Waals surface area contributed by atoms with Crippen LogP contribution in [0.1, 0.15) is 48.2 Å². The average Bonchev–Trinajstić information content (AvgIpc) is 2.87. The number of nitrogens with one attached hydrogen (secondary N) is 1. The molecule has 37 heavy (non-hydrogen) atoms. The van der Waals surface area contributed by atoms with Crippen molar-refractivity contribution < 1.29 is 14.6 Å². The Morgan fingerprint density at radius 2 is 1.95 bits per heavy atom. The van der Waals surface area contributed by atoms with Crippen molar-refractivity contribution in [2.24, 2.45) is 0 Å². The molecule has 2 unspecified atom stereocenters. The van der Waals surface area contributed by atoms with Crippen molar-refractivity contribution >= 4 is 17.5 Å². The minimum absolute atomic E-state index is 0.0461. The summed E-state index contributed by atoms with van der Waals surface area (Å²) in [6, 6.07) is 17.5. The fourth-order valence-electron chi connectivity index (χ4n) is 4.78. The van der Waals surface area contributed by atoms with Crippen LogP contribution in [0.25, 0.3) is 22.4 Å². The maximum Gasteiger partial charge on any atom is 0.270 e. The highest BCUT2D eigenvalue weighted by atomic mass is 35.5. The van der Waals surface area contributed by atoms with E-state index in [0.717, 1.165) is 54.5 Å². The predicted octanol–water partition coefficient (Wildman–Crippen LogP) is 5.74. The highest BCUT2D eigenvalue weighted by Gasteiger charge is 2.23. The molecule has 0 saturated heterocycles. The maximum atomic E-state index is 13.2. The Morgan fingerprint density at radius 1 is 1.14 bits per heavy atom. The van der Waals surface area contributed by atoms with Gasteiger partial charge in [0.1, 0.15) is 11.4 Å². The fraction of sp³-hybridized carbons (Fsp3) is 0.400. The predicted molar refractivity (Wildman–Crippen MR) is 149 cm³/mol. The quantitative estimate of drug-likeness (QED) is 0.351. The SMILES string of the molecule is Cc1ccccc1-c1ccc(C(=O)NC2CCCC(O)C2)nc1-c1ccc(Cl)c(OCCCN(C)C)c1. The van der Waals surface area contributed by atoms with Crippen molar-refractivity contribution in [3.8, 4) is 28.1 Å². The van der Waals surface area contributed by atoms with E-state index in [0.29, 0.717) is 35.2 Å². The number of carbonyl (C=O) groups excluding carboxylic acids is 1. The number of aliphatic hydroxyl groups excluding tert-OH is 1. The van der Waals surface area contributed by atoms with Gasteiger partial charge in [0.05, 0.1) is 23.4 Å². The van der Waals surface area contributed by atoms with Crippen LogP contribution in [-0.4, -0.2) is 60.3 Å². The van der Waals surface area contributed by atoms with Crippen LogP contribution < -0.4 is 10.1 Å². The molecule has 1 fully saturated rings. The molecule has 0 radical (unpaired) electrons. The maximum absolute atomic E-state index is 13.2. The van der Waals surface area contributed by atoms with Gasteiger partial charge in [-0.1, -0.05) is 41.9 Å². The van der Waals surface area contributed by atoms with Crippen molar-refractivity contribution in [1.82, 2.24) is 15.2 Å². The molecule has 196 valence electrons. The first-order valence-corrected chi connectivity index (χ1v) is 13.3. The molecule has 7 heteroatoms. The summed E-state index contributed by atoms with van der Waals surface area (Å²) in [4.78, 5) is 20.1. The zero-order valence-electron chi connectivity index (χ0n) is 21.8.